The zero-order valence-electron chi connectivity index (χ0n) is 12.5. The molecule has 2 atom stereocenters. The molecule has 2 aliphatic rings. The van der Waals surface area contributed by atoms with Gasteiger partial charge >= 0.3 is 0 Å². The highest BCUT2D eigenvalue weighted by atomic mass is 16.5. The minimum Gasteiger partial charge on any atom is -0.490 e. The van der Waals surface area contributed by atoms with Crippen LogP contribution in [-0.4, -0.2) is 31.3 Å². The van der Waals surface area contributed by atoms with Crippen LogP contribution in [0.1, 0.15) is 43.0 Å². The van der Waals surface area contributed by atoms with E-state index >= 15 is 0 Å². The van der Waals surface area contributed by atoms with Gasteiger partial charge in [0.15, 0.2) is 0 Å². The van der Waals surface area contributed by atoms with E-state index in [4.69, 9.17) is 9.47 Å². The summed E-state index contributed by atoms with van der Waals surface area (Å²) in [6.07, 6.45) is 4.73. The Kier molecular flexibility index (Phi) is 4.44. The third-order valence-corrected chi connectivity index (χ3v) is 4.27. The predicted octanol–water partition coefficient (Wildman–Crippen LogP) is 2.77. The predicted molar refractivity (Wildman–Crippen MR) is 80.6 cm³/mol. The highest BCUT2D eigenvalue weighted by Gasteiger charge is 2.29. The van der Waals surface area contributed by atoms with Crippen molar-refractivity contribution in [3.05, 3.63) is 29.8 Å². The quantitative estimate of drug-likeness (QED) is 0.876. The highest BCUT2D eigenvalue weighted by molar-refractivity contribution is 5.97. The van der Waals surface area contributed by atoms with E-state index in [9.17, 15) is 4.79 Å². The number of carbonyl (C=O) groups is 1. The minimum atomic E-state index is -0.0441. The summed E-state index contributed by atoms with van der Waals surface area (Å²) in [6.45, 7) is 3.41. The van der Waals surface area contributed by atoms with Gasteiger partial charge in [-0.05, 0) is 50.7 Å². The summed E-state index contributed by atoms with van der Waals surface area (Å²) >= 11 is 0. The highest BCUT2D eigenvalue weighted by Crippen LogP contribution is 2.32. The molecule has 2 unspecified atom stereocenters. The van der Waals surface area contributed by atoms with Crippen molar-refractivity contribution in [2.45, 2.75) is 44.8 Å². The molecule has 1 aromatic carbocycles. The Hall–Kier alpha value is -1.55. The summed E-state index contributed by atoms with van der Waals surface area (Å²) in [5, 5.41) is 3.08. The lowest BCUT2D eigenvalue weighted by atomic mass is 10.1. The van der Waals surface area contributed by atoms with E-state index in [1.54, 1.807) is 0 Å². The van der Waals surface area contributed by atoms with Crippen molar-refractivity contribution in [3.63, 3.8) is 0 Å². The molecule has 0 aromatic heterocycles. The first-order valence-electron chi connectivity index (χ1n) is 7.88. The second-order valence-electron chi connectivity index (χ2n) is 6.04. The van der Waals surface area contributed by atoms with Crippen LogP contribution in [0.2, 0.25) is 0 Å². The third kappa shape index (κ3) is 3.76. The fraction of sp³-hybridized carbons (Fsp3) is 0.588. The zero-order valence-corrected chi connectivity index (χ0v) is 12.5. The van der Waals surface area contributed by atoms with Gasteiger partial charge in [-0.2, -0.15) is 0 Å². The molecule has 4 nitrogen and oxygen atoms in total. The van der Waals surface area contributed by atoms with E-state index in [1.807, 2.05) is 24.3 Å². The topological polar surface area (TPSA) is 47.6 Å². The Morgan fingerprint density at radius 1 is 1.38 bits per heavy atom. The van der Waals surface area contributed by atoms with Crippen LogP contribution in [0.4, 0.5) is 0 Å². The van der Waals surface area contributed by atoms with E-state index in [-0.39, 0.29) is 18.1 Å². The Balaban J connectivity index is 1.61. The van der Waals surface area contributed by atoms with E-state index < -0.39 is 0 Å². The molecule has 1 aliphatic heterocycles. The Morgan fingerprint density at radius 2 is 2.19 bits per heavy atom. The van der Waals surface area contributed by atoms with Crippen molar-refractivity contribution < 1.29 is 14.3 Å². The van der Waals surface area contributed by atoms with Crippen molar-refractivity contribution in [2.75, 3.05) is 13.2 Å². The van der Waals surface area contributed by atoms with Crippen LogP contribution in [0.3, 0.4) is 0 Å². The SMILES string of the molecule is CC(NC(=O)c1ccccc1OCC1CCCO1)C1CC1. The second kappa shape index (κ2) is 6.48. The fourth-order valence-electron chi connectivity index (χ4n) is 2.74. The van der Waals surface area contributed by atoms with Gasteiger partial charge in [0.05, 0.1) is 11.7 Å². The number of rotatable bonds is 6. The van der Waals surface area contributed by atoms with Gasteiger partial charge in [0, 0.05) is 12.6 Å². The van der Waals surface area contributed by atoms with Gasteiger partial charge in [0.2, 0.25) is 0 Å². The van der Waals surface area contributed by atoms with E-state index in [0.717, 1.165) is 19.4 Å². The maximum absolute atomic E-state index is 12.4. The van der Waals surface area contributed by atoms with Crippen molar-refractivity contribution in [1.82, 2.24) is 5.32 Å². The Bertz CT molecular complexity index is 493. The fourth-order valence-corrected chi connectivity index (χ4v) is 2.74. The van der Waals surface area contributed by atoms with Crippen LogP contribution in [0, 0.1) is 5.92 Å². The number of hydrogen-bond acceptors (Lipinski definition) is 3. The molecule has 1 heterocycles. The number of benzene rings is 1. The van der Waals surface area contributed by atoms with E-state index in [1.165, 1.54) is 12.8 Å². The Labute approximate surface area is 125 Å². The number of carbonyl (C=O) groups excluding carboxylic acids is 1. The average molecular weight is 289 g/mol. The lowest BCUT2D eigenvalue weighted by Crippen LogP contribution is -2.34. The molecule has 1 aliphatic carbocycles. The Morgan fingerprint density at radius 3 is 2.90 bits per heavy atom. The van der Waals surface area contributed by atoms with Crippen LogP contribution >= 0.6 is 0 Å². The van der Waals surface area contributed by atoms with Crippen LogP contribution in [-0.2, 0) is 4.74 Å². The summed E-state index contributed by atoms with van der Waals surface area (Å²) in [7, 11) is 0. The standard InChI is InChI=1S/C17H23NO3/c1-12(13-8-9-13)18-17(19)15-6-2-3-7-16(15)21-11-14-5-4-10-20-14/h2-3,6-7,12-14H,4-5,8-11H2,1H3,(H,18,19). The second-order valence-corrected chi connectivity index (χ2v) is 6.04. The number of hydrogen-bond donors (Lipinski definition) is 1. The van der Waals surface area contributed by atoms with Gasteiger partial charge in [0.25, 0.3) is 5.91 Å². The maximum Gasteiger partial charge on any atom is 0.255 e. The van der Waals surface area contributed by atoms with Crippen LogP contribution < -0.4 is 10.1 Å². The number of nitrogens with one attached hydrogen (secondary N) is 1. The first kappa shape index (κ1) is 14.4. The summed E-state index contributed by atoms with van der Waals surface area (Å²) in [4.78, 5) is 12.4. The van der Waals surface area contributed by atoms with Crippen molar-refractivity contribution >= 4 is 5.91 Å². The maximum atomic E-state index is 12.4. The smallest absolute Gasteiger partial charge is 0.255 e. The van der Waals surface area contributed by atoms with Gasteiger partial charge in [-0.1, -0.05) is 12.1 Å². The largest absolute Gasteiger partial charge is 0.490 e. The lowest BCUT2D eigenvalue weighted by molar-refractivity contribution is 0.0670. The van der Waals surface area contributed by atoms with Crippen LogP contribution in [0.5, 0.6) is 5.75 Å². The van der Waals surface area contributed by atoms with Gasteiger partial charge in [0.1, 0.15) is 12.4 Å². The van der Waals surface area contributed by atoms with Crippen LogP contribution in [0.25, 0.3) is 0 Å². The third-order valence-electron chi connectivity index (χ3n) is 4.27. The van der Waals surface area contributed by atoms with Crippen LogP contribution in [0.15, 0.2) is 24.3 Å². The molecule has 0 radical (unpaired) electrons. The normalized spacial score (nSPS) is 22.8. The van der Waals surface area contributed by atoms with E-state index in [2.05, 4.69) is 12.2 Å². The molecular formula is C17H23NO3. The number of amides is 1. The molecule has 2 fully saturated rings. The summed E-state index contributed by atoms with van der Waals surface area (Å²) in [5.74, 6) is 1.25. The summed E-state index contributed by atoms with van der Waals surface area (Å²) in [6, 6.07) is 7.68. The van der Waals surface area contributed by atoms with Gasteiger partial charge in [-0.3, -0.25) is 4.79 Å². The monoisotopic (exact) mass is 289 g/mol. The average Bonchev–Trinajstić information content (AvgIpc) is 3.22. The molecule has 114 valence electrons. The molecule has 1 N–H and O–H groups in total. The summed E-state index contributed by atoms with van der Waals surface area (Å²) in [5.41, 5.74) is 0.614. The van der Waals surface area contributed by atoms with E-state index in [0.29, 0.717) is 23.8 Å². The first-order valence-corrected chi connectivity index (χ1v) is 7.88. The molecule has 1 saturated carbocycles. The minimum absolute atomic E-state index is 0.0441. The molecular weight excluding hydrogens is 266 g/mol. The molecule has 1 aromatic rings. The molecule has 21 heavy (non-hydrogen) atoms. The molecule has 0 spiro atoms. The zero-order chi connectivity index (χ0) is 14.7. The molecule has 1 saturated heterocycles. The molecule has 3 rings (SSSR count). The van der Waals surface area contributed by atoms with Gasteiger partial charge < -0.3 is 14.8 Å². The first-order chi connectivity index (χ1) is 10.2. The number of ether oxygens (including phenoxy) is 2. The van der Waals surface area contributed by atoms with Gasteiger partial charge in [-0.15, -0.1) is 0 Å². The molecule has 0 bridgehead atoms. The number of para-hydroxylation sites is 1. The lowest BCUT2D eigenvalue weighted by Gasteiger charge is -2.16. The molecule has 1 amide bonds. The molecule has 4 heteroatoms. The van der Waals surface area contributed by atoms with Gasteiger partial charge in [-0.25, -0.2) is 0 Å². The van der Waals surface area contributed by atoms with Crippen molar-refractivity contribution in [1.29, 1.82) is 0 Å². The van der Waals surface area contributed by atoms with Crippen molar-refractivity contribution in [3.8, 4) is 5.75 Å². The van der Waals surface area contributed by atoms with Crippen molar-refractivity contribution in [2.24, 2.45) is 5.92 Å². The summed E-state index contributed by atoms with van der Waals surface area (Å²) < 4.78 is 11.4.